The topological polar surface area (TPSA) is 72.2 Å². The van der Waals surface area contributed by atoms with Gasteiger partial charge in [-0.1, -0.05) is 54.6 Å². The molecule has 0 spiro atoms. The van der Waals surface area contributed by atoms with Crippen LogP contribution >= 0.6 is 23.6 Å². The van der Waals surface area contributed by atoms with E-state index in [1.54, 1.807) is 22.1 Å². The molecule has 0 saturated carbocycles. The van der Waals surface area contributed by atoms with E-state index in [1.807, 2.05) is 85.2 Å². The molecule has 0 aliphatic heterocycles. The Balaban J connectivity index is 1.54. The number of aromatic nitrogens is 3. The molecule has 0 aliphatic rings. The summed E-state index contributed by atoms with van der Waals surface area (Å²) >= 11 is 6.31. The number of hydrogen-bond acceptors (Lipinski definition) is 7. The molecule has 0 radical (unpaired) electrons. The molecule has 6 rings (SSSR count). The Kier molecular flexibility index (Phi) is 6.82. The number of thiocarbonyl (C=S) groups is 1. The van der Waals surface area contributed by atoms with Crippen LogP contribution in [0.4, 0.5) is 5.82 Å². The van der Waals surface area contributed by atoms with Crippen LogP contribution in [0.1, 0.15) is 24.2 Å². The molecule has 6 aromatic rings. The number of isothiocyanates is 1. The van der Waals surface area contributed by atoms with Gasteiger partial charge in [-0.2, -0.15) is 0 Å². The third-order valence-electron chi connectivity index (χ3n) is 6.70. The van der Waals surface area contributed by atoms with Crippen LogP contribution in [0.5, 0.6) is 0 Å². The van der Waals surface area contributed by atoms with Gasteiger partial charge in [0.2, 0.25) is 0 Å². The Hall–Kier alpha value is -4.49. The smallest absolute Gasteiger partial charge is 0.263 e. The van der Waals surface area contributed by atoms with Gasteiger partial charge in [-0.15, -0.1) is 11.3 Å². The van der Waals surface area contributed by atoms with Crippen LogP contribution in [0.25, 0.3) is 37.8 Å². The van der Waals surface area contributed by atoms with Gasteiger partial charge in [-0.05, 0) is 71.6 Å². The van der Waals surface area contributed by atoms with E-state index in [9.17, 15) is 4.79 Å². The summed E-state index contributed by atoms with van der Waals surface area (Å²) in [6.07, 6.45) is 1.78. The van der Waals surface area contributed by atoms with Crippen molar-refractivity contribution in [3.63, 3.8) is 0 Å². The van der Waals surface area contributed by atoms with E-state index in [0.29, 0.717) is 17.7 Å². The fraction of sp³-hybridized carbons (Fsp3) is 0.0968. The van der Waals surface area contributed by atoms with E-state index >= 15 is 0 Å². The SMILES string of the molecule is C[C@H](Nc1nccc2scnc12)c1cc2cccc(-c3cccc(CN=C=S)c3)c2c(=O)n1-c1ccccc1. The van der Waals surface area contributed by atoms with Gasteiger partial charge >= 0.3 is 0 Å². The maximum absolute atomic E-state index is 14.4. The minimum absolute atomic E-state index is 0.0832. The molecular weight excluding hydrogens is 523 g/mol. The maximum atomic E-state index is 14.4. The van der Waals surface area contributed by atoms with Gasteiger partial charge < -0.3 is 5.32 Å². The second kappa shape index (κ2) is 10.7. The van der Waals surface area contributed by atoms with Crippen molar-refractivity contribution < 1.29 is 0 Å². The first-order valence-corrected chi connectivity index (χ1v) is 13.7. The normalized spacial score (nSPS) is 11.8. The number of anilines is 1. The number of rotatable bonds is 7. The van der Waals surface area contributed by atoms with Crippen molar-refractivity contribution in [2.45, 2.75) is 19.5 Å². The lowest BCUT2D eigenvalue weighted by atomic mass is 9.96. The first-order valence-electron chi connectivity index (χ1n) is 12.5. The summed E-state index contributed by atoms with van der Waals surface area (Å²) in [4.78, 5) is 27.5. The third-order valence-corrected chi connectivity index (χ3v) is 7.62. The predicted octanol–water partition coefficient (Wildman–Crippen LogP) is 7.44. The number of pyridine rings is 2. The maximum Gasteiger partial charge on any atom is 0.263 e. The number of hydrogen-bond donors (Lipinski definition) is 1. The van der Waals surface area contributed by atoms with Gasteiger partial charge in [0.05, 0.1) is 33.3 Å². The number of thiazole rings is 1. The summed E-state index contributed by atoms with van der Waals surface area (Å²) in [6, 6.07) is 27.6. The lowest BCUT2D eigenvalue weighted by Crippen LogP contribution is -2.26. The Morgan fingerprint density at radius 1 is 1.03 bits per heavy atom. The fourth-order valence-electron chi connectivity index (χ4n) is 4.92. The van der Waals surface area contributed by atoms with E-state index < -0.39 is 0 Å². The second-order valence-corrected chi connectivity index (χ2v) is 10.2. The molecule has 39 heavy (non-hydrogen) atoms. The molecule has 190 valence electrons. The van der Waals surface area contributed by atoms with E-state index in [0.717, 1.165) is 43.7 Å². The van der Waals surface area contributed by atoms with E-state index in [2.05, 4.69) is 37.6 Å². The average molecular weight is 546 g/mol. The molecule has 0 saturated heterocycles. The average Bonchev–Trinajstić information content (AvgIpc) is 3.46. The van der Waals surface area contributed by atoms with E-state index in [1.165, 1.54) is 0 Å². The van der Waals surface area contributed by atoms with Crippen molar-refractivity contribution >= 4 is 55.5 Å². The van der Waals surface area contributed by atoms with Gasteiger partial charge in [-0.25, -0.2) is 15.0 Å². The molecule has 3 aromatic carbocycles. The zero-order chi connectivity index (χ0) is 26.8. The fourth-order valence-corrected chi connectivity index (χ4v) is 5.66. The molecule has 0 aliphatic carbocycles. The van der Waals surface area contributed by atoms with Crippen LogP contribution in [0.15, 0.2) is 106 Å². The van der Waals surface area contributed by atoms with Gasteiger partial charge in [0, 0.05) is 17.6 Å². The summed E-state index contributed by atoms with van der Waals surface area (Å²) < 4.78 is 2.85. The first-order chi connectivity index (χ1) is 19.1. The molecule has 3 aromatic heterocycles. The predicted molar refractivity (Wildman–Crippen MR) is 163 cm³/mol. The highest BCUT2D eigenvalue weighted by molar-refractivity contribution is 7.78. The lowest BCUT2D eigenvalue weighted by Gasteiger charge is -2.22. The first kappa shape index (κ1) is 24.8. The number of benzene rings is 3. The largest absolute Gasteiger partial charge is 0.360 e. The standard InChI is InChI=1S/C31H23N5OS2/c1-20(35-30-29-27(13-14-33-30)39-19-34-29)26-16-23-9-6-12-25(22-8-5-7-21(15-22)17-32-18-38)28(23)31(37)36(26)24-10-3-2-4-11-24/h2-16,19-20H,17H2,1H3,(H,33,35)/t20-/m0/s1. The van der Waals surface area contributed by atoms with Crippen molar-refractivity contribution in [3.8, 4) is 16.8 Å². The monoisotopic (exact) mass is 545 g/mol. The van der Waals surface area contributed by atoms with Crippen LogP contribution in [-0.2, 0) is 6.54 Å². The number of nitrogens with one attached hydrogen (secondary N) is 1. The minimum Gasteiger partial charge on any atom is -0.360 e. The summed E-state index contributed by atoms with van der Waals surface area (Å²) in [5, 5.41) is 7.47. The molecule has 0 fully saturated rings. The van der Waals surface area contributed by atoms with Crippen LogP contribution in [0.2, 0.25) is 0 Å². The molecule has 0 bridgehead atoms. The van der Waals surface area contributed by atoms with Gasteiger partial charge in [-0.3, -0.25) is 9.36 Å². The highest BCUT2D eigenvalue weighted by atomic mass is 32.1. The van der Waals surface area contributed by atoms with E-state index in [4.69, 9.17) is 12.2 Å². The molecular formula is C31H23N5OS2. The van der Waals surface area contributed by atoms with Crippen LogP contribution in [0.3, 0.4) is 0 Å². The van der Waals surface area contributed by atoms with Crippen molar-refractivity contribution in [2.24, 2.45) is 4.99 Å². The highest BCUT2D eigenvalue weighted by Gasteiger charge is 2.20. The zero-order valence-corrected chi connectivity index (χ0v) is 22.7. The summed E-state index contributed by atoms with van der Waals surface area (Å²) in [6.45, 7) is 2.49. The molecule has 8 heteroatoms. The van der Waals surface area contributed by atoms with Crippen molar-refractivity contribution in [1.29, 1.82) is 0 Å². The van der Waals surface area contributed by atoms with Gasteiger partial charge in [0.15, 0.2) is 5.82 Å². The van der Waals surface area contributed by atoms with Crippen LogP contribution in [-0.4, -0.2) is 19.7 Å². The van der Waals surface area contributed by atoms with Crippen molar-refractivity contribution in [1.82, 2.24) is 14.5 Å². The van der Waals surface area contributed by atoms with Gasteiger partial charge in [0.1, 0.15) is 5.52 Å². The van der Waals surface area contributed by atoms with Crippen LogP contribution in [0, 0.1) is 0 Å². The summed E-state index contributed by atoms with van der Waals surface area (Å²) in [5.74, 6) is 0.693. The van der Waals surface area contributed by atoms with Crippen molar-refractivity contribution in [3.05, 3.63) is 118 Å². The number of fused-ring (bicyclic) bond motifs is 2. The Labute approximate surface area is 234 Å². The molecule has 1 N–H and O–H groups in total. The Morgan fingerprint density at radius 2 is 1.87 bits per heavy atom. The quantitative estimate of drug-likeness (QED) is 0.167. The lowest BCUT2D eigenvalue weighted by molar-refractivity contribution is 0.774. The molecule has 0 unspecified atom stereocenters. The van der Waals surface area contributed by atoms with Crippen LogP contribution < -0.4 is 10.9 Å². The Bertz CT molecular complexity index is 1920. The zero-order valence-electron chi connectivity index (χ0n) is 21.0. The molecule has 0 amide bonds. The number of para-hydroxylation sites is 1. The summed E-state index contributed by atoms with van der Waals surface area (Å²) in [7, 11) is 0. The second-order valence-electron chi connectivity index (χ2n) is 9.15. The molecule has 6 nitrogen and oxygen atoms in total. The van der Waals surface area contributed by atoms with Gasteiger partial charge in [0.25, 0.3) is 5.56 Å². The number of aliphatic imine (C=N–C) groups is 1. The number of nitrogens with zero attached hydrogens (tertiary/aromatic N) is 4. The molecule has 3 heterocycles. The van der Waals surface area contributed by atoms with Crippen molar-refractivity contribution in [2.75, 3.05) is 5.32 Å². The summed E-state index contributed by atoms with van der Waals surface area (Å²) in [5.41, 5.74) is 7.01. The molecule has 1 atom stereocenters. The minimum atomic E-state index is -0.235. The Morgan fingerprint density at radius 3 is 2.72 bits per heavy atom. The van der Waals surface area contributed by atoms with E-state index in [-0.39, 0.29) is 11.6 Å². The highest BCUT2D eigenvalue weighted by Crippen LogP contribution is 2.32. The third kappa shape index (κ3) is 4.77.